The quantitative estimate of drug-likeness (QED) is 0.380. The van der Waals surface area contributed by atoms with Gasteiger partial charge >= 0.3 is 5.97 Å². The first-order valence-electron chi connectivity index (χ1n) is 9.80. The zero-order valence-corrected chi connectivity index (χ0v) is 19.8. The van der Waals surface area contributed by atoms with Crippen molar-refractivity contribution in [1.82, 2.24) is 9.97 Å². The number of hydrogen-bond acceptors (Lipinski definition) is 8. The highest BCUT2D eigenvalue weighted by atomic mass is 32.2. The minimum absolute atomic E-state index is 0.166. The van der Waals surface area contributed by atoms with Crippen LogP contribution in [0.3, 0.4) is 0 Å². The van der Waals surface area contributed by atoms with Gasteiger partial charge in [0.05, 0.1) is 30.2 Å². The molecule has 0 aliphatic heterocycles. The second kappa shape index (κ2) is 10.1. The molecule has 0 unspecified atom stereocenters. The lowest BCUT2D eigenvalue weighted by molar-refractivity contribution is -0.113. The minimum atomic E-state index is -0.414. The standard InChI is InChI=1S/C22H25N3O4S2/c1-12(2)10-29-21(27)20-14(4)23-22(31-20)24-17(26)11-30-18-9-13(3)15-7-6-8-16(28-5)19(15)25-18/h6-9,12H,10-11H2,1-5H3,(H,23,24,26). The maximum absolute atomic E-state index is 12.4. The second-order valence-electron chi connectivity index (χ2n) is 7.40. The summed E-state index contributed by atoms with van der Waals surface area (Å²) in [6.45, 7) is 8.02. The van der Waals surface area contributed by atoms with Gasteiger partial charge in [0, 0.05) is 5.39 Å². The van der Waals surface area contributed by atoms with Crippen LogP contribution in [0.25, 0.3) is 10.9 Å². The van der Waals surface area contributed by atoms with Gasteiger partial charge in [-0.25, -0.2) is 14.8 Å². The zero-order valence-electron chi connectivity index (χ0n) is 18.1. The van der Waals surface area contributed by atoms with Gasteiger partial charge in [-0.15, -0.1) is 0 Å². The molecule has 0 atom stereocenters. The van der Waals surface area contributed by atoms with E-state index in [0.717, 1.165) is 32.8 Å². The van der Waals surface area contributed by atoms with Gasteiger partial charge in [-0.1, -0.05) is 49.1 Å². The van der Waals surface area contributed by atoms with E-state index in [1.165, 1.54) is 11.8 Å². The molecule has 3 rings (SSSR count). The predicted octanol–water partition coefficient (Wildman–Crippen LogP) is 4.86. The number of nitrogens with one attached hydrogen (secondary N) is 1. The Morgan fingerprint density at radius 1 is 1.23 bits per heavy atom. The predicted molar refractivity (Wildman–Crippen MR) is 124 cm³/mol. The first kappa shape index (κ1) is 23.0. The lowest BCUT2D eigenvalue weighted by atomic mass is 10.1. The summed E-state index contributed by atoms with van der Waals surface area (Å²) in [5.41, 5.74) is 2.38. The summed E-state index contributed by atoms with van der Waals surface area (Å²) in [6.07, 6.45) is 0. The monoisotopic (exact) mass is 459 g/mol. The molecule has 0 aliphatic carbocycles. The Bertz CT molecular complexity index is 1110. The molecular formula is C22H25N3O4S2. The Balaban J connectivity index is 1.64. The maximum atomic E-state index is 12.4. The molecule has 7 nitrogen and oxygen atoms in total. The number of esters is 1. The molecule has 0 spiro atoms. The van der Waals surface area contributed by atoms with Gasteiger partial charge in [-0.2, -0.15) is 0 Å². The van der Waals surface area contributed by atoms with Crippen molar-refractivity contribution in [2.75, 3.05) is 24.8 Å². The van der Waals surface area contributed by atoms with E-state index < -0.39 is 5.97 Å². The van der Waals surface area contributed by atoms with Crippen molar-refractivity contribution < 1.29 is 19.1 Å². The molecule has 1 N–H and O–H groups in total. The van der Waals surface area contributed by atoms with E-state index in [9.17, 15) is 9.59 Å². The van der Waals surface area contributed by atoms with E-state index in [2.05, 4.69) is 15.3 Å². The molecule has 2 heterocycles. The van der Waals surface area contributed by atoms with Crippen LogP contribution in [0.15, 0.2) is 29.3 Å². The van der Waals surface area contributed by atoms with E-state index in [1.54, 1.807) is 14.0 Å². The third-order valence-corrected chi connectivity index (χ3v) is 6.30. The number of aryl methyl sites for hydroxylation is 2. The molecule has 0 saturated heterocycles. The first-order chi connectivity index (χ1) is 14.8. The van der Waals surface area contributed by atoms with Crippen LogP contribution in [-0.2, 0) is 9.53 Å². The van der Waals surface area contributed by atoms with Crippen molar-refractivity contribution in [3.05, 3.63) is 40.4 Å². The van der Waals surface area contributed by atoms with E-state index >= 15 is 0 Å². The van der Waals surface area contributed by atoms with Gasteiger partial charge < -0.3 is 14.8 Å². The average molecular weight is 460 g/mol. The maximum Gasteiger partial charge on any atom is 0.350 e. The Morgan fingerprint density at radius 3 is 2.71 bits per heavy atom. The Hall–Kier alpha value is -2.65. The number of thiazole rings is 1. The summed E-state index contributed by atoms with van der Waals surface area (Å²) in [5.74, 6) is 0.478. The number of hydrogen-bond donors (Lipinski definition) is 1. The van der Waals surface area contributed by atoms with Crippen molar-refractivity contribution in [2.24, 2.45) is 5.92 Å². The highest BCUT2D eigenvalue weighted by Crippen LogP contribution is 2.30. The number of pyridine rings is 1. The number of benzene rings is 1. The lowest BCUT2D eigenvalue weighted by Gasteiger charge is -2.09. The second-order valence-corrected chi connectivity index (χ2v) is 9.39. The smallest absolute Gasteiger partial charge is 0.350 e. The third-order valence-electron chi connectivity index (χ3n) is 4.33. The minimum Gasteiger partial charge on any atom is -0.494 e. The SMILES string of the molecule is COc1cccc2c(C)cc(SCC(=O)Nc3nc(C)c(C(=O)OCC(C)C)s3)nc12. The molecule has 3 aromatic rings. The fourth-order valence-corrected chi connectivity index (χ4v) is 4.49. The normalized spacial score (nSPS) is 11.0. The number of rotatable bonds is 8. The molecule has 1 amide bonds. The lowest BCUT2D eigenvalue weighted by Crippen LogP contribution is -2.14. The van der Waals surface area contributed by atoms with Gasteiger partial charge in [-0.3, -0.25) is 4.79 Å². The van der Waals surface area contributed by atoms with Crippen LogP contribution < -0.4 is 10.1 Å². The molecule has 31 heavy (non-hydrogen) atoms. The highest BCUT2D eigenvalue weighted by Gasteiger charge is 2.18. The summed E-state index contributed by atoms with van der Waals surface area (Å²) >= 11 is 2.45. The number of fused-ring (bicyclic) bond motifs is 1. The largest absolute Gasteiger partial charge is 0.494 e. The summed E-state index contributed by atoms with van der Waals surface area (Å²) in [6, 6.07) is 7.75. The molecule has 0 fully saturated rings. The number of thioether (sulfide) groups is 1. The van der Waals surface area contributed by atoms with E-state index in [4.69, 9.17) is 9.47 Å². The van der Waals surface area contributed by atoms with Gasteiger partial charge in [0.15, 0.2) is 5.13 Å². The molecule has 0 bridgehead atoms. The fraction of sp³-hybridized carbons (Fsp3) is 0.364. The van der Waals surface area contributed by atoms with Gasteiger partial charge in [-0.05, 0) is 37.5 Å². The number of carbonyl (C=O) groups excluding carboxylic acids is 2. The number of carbonyl (C=O) groups is 2. The number of aromatic nitrogens is 2. The van der Waals surface area contributed by atoms with E-state index in [1.807, 2.05) is 45.0 Å². The molecule has 164 valence electrons. The number of methoxy groups -OCH3 is 1. The highest BCUT2D eigenvalue weighted by molar-refractivity contribution is 7.99. The summed E-state index contributed by atoms with van der Waals surface area (Å²) in [5, 5.41) is 4.88. The van der Waals surface area contributed by atoms with Crippen molar-refractivity contribution in [3.63, 3.8) is 0 Å². The molecule has 0 saturated carbocycles. The van der Waals surface area contributed by atoms with Gasteiger partial charge in [0.2, 0.25) is 5.91 Å². The number of para-hydroxylation sites is 1. The summed E-state index contributed by atoms with van der Waals surface area (Å²) < 4.78 is 10.7. The van der Waals surface area contributed by atoms with Crippen LogP contribution in [0.5, 0.6) is 5.75 Å². The van der Waals surface area contributed by atoms with E-state index in [0.29, 0.717) is 28.1 Å². The van der Waals surface area contributed by atoms with Crippen molar-refractivity contribution in [2.45, 2.75) is 32.7 Å². The van der Waals surface area contributed by atoms with E-state index in [-0.39, 0.29) is 17.6 Å². The summed E-state index contributed by atoms with van der Waals surface area (Å²) in [7, 11) is 1.61. The van der Waals surface area contributed by atoms with Crippen molar-refractivity contribution in [3.8, 4) is 5.75 Å². The molecular weight excluding hydrogens is 434 g/mol. The first-order valence-corrected chi connectivity index (χ1v) is 11.6. The van der Waals surface area contributed by atoms with Crippen LogP contribution in [0.4, 0.5) is 5.13 Å². The average Bonchev–Trinajstić information content (AvgIpc) is 3.10. The number of nitrogens with zero attached hydrogens (tertiary/aromatic N) is 2. The molecule has 2 aromatic heterocycles. The number of ether oxygens (including phenoxy) is 2. The number of anilines is 1. The van der Waals surface area contributed by atoms with Crippen molar-refractivity contribution >= 4 is 51.0 Å². The van der Waals surface area contributed by atoms with Crippen LogP contribution in [0.2, 0.25) is 0 Å². The topological polar surface area (TPSA) is 90.4 Å². The Labute approximate surface area is 189 Å². The van der Waals surface area contributed by atoms with Crippen molar-refractivity contribution in [1.29, 1.82) is 0 Å². The Morgan fingerprint density at radius 2 is 2.00 bits per heavy atom. The molecule has 0 radical (unpaired) electrons. The Kier molecular flexibility index (Phi) is 7.50. The molecule has 9 heteroatoms. The fourth-order valence-electron chi connectivity index (χ4n) is 2.84. The van der Waals surface area contributed by atoms with Gasteiger partial charge in [0.25, 0.3) is 0 Å². The molecule has 1 aromatic carbocycles. The van der Waals surface area contributed by atoms with Crippen LogP contribution in [0, 0.1) is 19.8 Å². The third kappa shape index (κ3) is 5.74. The van der Waals surface area contributed by atoms with Gasteiger partial charge in [0.1, 0.15) is 16.1 Å². The van der Waals surface area contributed by atoms with Crippen LogP contribution >= 0.6 is 23.1 Å². The number of amides is 1. The molecule has 0 aliphatic rings. The van der Waals surface area contributed by atoms with Crippen LogP contribution in [0.1, 0.15) is 34.8 Å². The summed E-state index contributed by atoms with van der Waals surface area (Å²) in [4.78, 5) is 33.9. The zero-order chi connectivity index (χ0) is 22.5. The van der Waals surface area contributed by atoms with Crippen LogP contribution in [-0.4, -0.2) is 41.3 Å².